The summed E-state index contributed by atoms with van der Waals surface area (Å²) in [7, 11) is 0. The minimum atomic E-state index is -1.21. The second-order valence-corrected chi connectivity index (χ2v) is 4.97. The molecule has 0 aliphatic carbocycles. The van der Waals surface area contributed by atoms with Crippen LogP contribution in [0.4, 0.5) is 0 Å². The molecule has 1 aromatic heterocycles. The lowest BCUT2D eigenvalue weighted by atomic mass is 10.1. The number of aromatic nitrogens is 1. The Morgan fingerprint density at radius 1 is 1.24 bits per heavy atom. The molecule has 2 aromatic rings. The summed E-state index contributed by atoms with van der Waals surface area (Å²) in [5.41, 5.74) is 4.57. The van der Waals surface area contributed by atoms with Crippen molar-refractivity contribution in [1.29, 1.82) is 5.26 Å². The van der Waals surface area contributed by atoms with Crippen LogP contribution in [0, 0.1) is 32.1 Å². The second kappa shape index (κ2) is 5.68. The van der Waals surface area contributed by atoms with E-state index in [1.807, 2.05) is 55.7 Å². The van der Waals surface area contributed by atoms with E-state index in [-0.39, 0.29) is 5.57 Å². The highest BCUT2D eigenvalue weighted by Crippen LogP contribution is 2.23. The lowest BCUT2D eigenvalue weighted by molar-refractivity contribution is -0.132. The maximum atomic E-state index is 10.9. The third-order valence-electron chi connectivity index (χ3n) is 3.41. The zero-order valence-corrected chi connectivity index (χ0v) is 12.2. The van der Waals surface area contributed by atoms with Gasteiger partial charge in [0.2, 0.25) is 0 Å². The molecule has 1 N–H and O–H groups in total. The first-order chi connectivity index (χ1) is 9.93. The Balaban J connectivity index is 2.55. The zero-order valence-electron chi connectivity index (χ0n) is 12.2. The minimum Gasteiger partial charge on any atom is -0.477 e. The van der Waals surface area contributed by atoms with Gasteiger partial charge in [-0.15, -0.1) is 0 Å². The van der Waals surface area contributed by atoms with Gasteiger partial charge >= 0.3 is 5.97 Å². The Kier molecular flexibility index (Phi) is 3.95. The standard InChI is InChI=1S/C17H16N2O2/c1-11-4-6-16(7-5-11)19-12(2)8-14(13(19)3)9-15(10-18)17(20)21/h4-9H,1-3H3,(H,20,21)/b15-9-. The topological polar surface area (TPSA) is 66.0 Å². The number of carboxylic acids is 1. The lowest BCUT2D eigenvalue weighted by Crippen LogP contribution is -2.00. The molecular weight excluding hydrogens is 264 g/mol. The van der Waals surface area contributed by atoms with Crippen molar-refractivity contribution in [1.82, 2.24) is 4.57 Å². The molecule has 0 saturated carbocycles. The fourth-order valence-corrected chi connectivity index (χ4v) is 2.32. The van der Waals surface area contributed by atoms with E-state index in [2.05, 4.69) is 0 Å². The molecule has 0 radical (unpaired) electrons. The molecule has 2 rings (SSSR count). The number of nitrogens with zero attached hydrogens (tertiary/aromatic N) is 2. The number of carbonyl (C=O) groups is 1. The van der Waals surface area contributed by atoms with Gasteiger partial charge in [-0.1, -0.05) is 17.7 Å². The zero-order chi connectivity index (χ0) is 15.6. The van der Waals surface area contributed by atoms with E-state index in [0.29, 0.717) is 0 Å². The average Bonchev–Trinajstić information content (AvgIpc) is 2.71. The number of aryl methyl sites for hydroxylation is 2. The van der Waals surface area contributed by atoms with E-state index in [1.54, 1.807) is 6.07 Å². The van der Waals surface area contributed by atoms with Crippen LogP contribution in [0.2, 0.25) is 0 Å². The lowest BCUT2D eigenvalue weighted by Gasteiger charge is -2.09. The SMILES string of the molecule is Cc1ccc(-n2c(C)cc(/C=C(/C#N)C(=O)O)c2C)cc1. The Morgan fingerprint density at radius 3 is 2.38 bits per heavy atom. The molecule has 21 heavy (non-hydrogen) atoms. The third-order valence-corrected chi connectivity index (χ3v) is 3.41. The van der Waals surface area contributed by atoms with Crippen molar-refractivity contribution in [2.75, 3.05) is 0 Å². The summed E-state index contributed by atoms with van der Waals surface area (Å²) in [4.78, 5) is 10.9. The van der Waals surface area contributed by atoms with Crippen molar-refractivity contribution >= 4 is 12.0 Å². The summed E-state index contributed by atoms with van der Waals surface area (Å²) in [6.07, 6.45) is 1.41. The number of benzene rings is 1. The molecule has 4 heteroatoms. The molecule has 0 bridgehead atoms. The molecule has 0 aliphatic heterocycles. The molecule has 0 atom stereocenters. The van der Waals surface area contributed by atoms with Crippen molar-refractivity contribution in [3.63, 3.8) is 0 Å². The molecule has 106 valence electrons. The normalized spacial score (nSPS) is 11.2. The Hall–Kier alpha value is -2.80. The van der Waals surface area contributed by atoms with Gasteiger partial charge in [-0.3, -0.25) is 0 Å². The molecular formula is C17H16N2O2. The van der Waals surface area contributed by atoms with Gasteiger partial charge in [0.1, 0.15) is 11.6 Å². The molecule has 0 saturated heterocycles. The number of carboxylic acid groups (broad SMARTS) is 1. The predicted molar refractivity (Wildman–Crippen MR) is 81.2 cm³/mol. The number of hydrogen-bond acceptors (Lipinski definition) is 2. The molecule has 1 aromatic carbocycles. The van der Waals surface area contributed by atoms with Crippen LogP contribution in [-0.4, -0.2) is 15.6 Å². The van der Waals surface area contributed by atoms with Crippen molar-refractivity contribution < 1.29 is 9.90 Å². The Morgan fingerprint density at radius 2 is 1.86 bits per heavy atom. The first-order valence-corrected chi connectivity index (χ1v) is 6.55. The van der Waals surface area contributed by atoms with Crippen molar-refractivity contribution in [2.45, 2.75) is 20.8 Å². The molecule has 0 unspecified atom stereocenters. The van der Waals surface area contributed by atoms with Crippen LogP contribution in [0.1, 0.15) is 22.5 Å². The smallest absolute Gasteiger partial charge is 0.346 e. The Labute approximate surface area is 123 Å². The van der Waals surface area contributed by atoms with Crippen molar-refractivity contribution in [3.05, 3.63) is 58.4 Å². The molecule has 1 heterocycles. The van der Waals surface area contributed by atoms with E-state index in [0.717, 1.165) is 22.6 Å². The highest BCUT2D eigenvalue weighted by molar-refractivity contribution is 5.96. The second-order valence-electron chi connectivity index (χ2n) is 4.97. The van der Waals surface area contributed by atoms with Crippen LogP contribution in [-0.2, 0) is 4.79 Å². The summed E-state index contributed by atoms with van der Waals surface area (Å²) in [6.45, 7) is 5.89. The summed E-state index contributed by atoms with van der Waals surface area (Å²) < 4.78 is 2.04. The molecule has 0 fully saturated rings. The highest BCUT2D eigenvalue weighted by atomic mass is 16.4. The monoisotopic (exact) mass is 280 g/mol. The van der Waals surface area contributed by atoms with Gasteiger partial charge in [-0.05, 0) is 50.6 Å². The predicted octanol–water partition coefficient (Wildman–Crippen LogP) is 3.39. The molecule has 4 nitrogen and oxygen atoms in total. The highest BCUT2D eigenvalue weighted by Gasteiger charge is 2.12. The van der Waals surface area contributed by atoms with Gasteiger partial charge < -0.3 is 9.67 Å². The van der Waals surface area contributed by atoms with Crippen molar-refractivity contribution in [3.8, 4) is 11.8 Å². The molecule has 0 spiro atoms. The summed E-state index contributed by atoms with van der Waals surface area (Å²) in [5.74, 6) is -1.21. The van der Waals surface area contributed by atoms with E-state index in [9.17, 15) is 4.79 Å². The maximum Gasteiger partial charge on any atom is 0.346 e. The average molecular weight is 280 g/mol. The molecule has 0 amide bonds. The van der Waals surface area contributed by atoms with Crippen LogP contribution >= 0.6 is 0 Å². The third kappa shape index (κ3) is 2.87. The largest absolute Gasteiger partial charge is 0.477 e. The van der Waals surface area contributed by atoms with E-state index in [1.165, 1.54) is 11.6 Å². The van der Waals surface area contributed by atoms with Crippen molar-refractivity contribution in [2.24, 2.45) is 0 Å². The first-order valence-electron chi connectivity index (χ1n) is 6.55. The van der Waals surface area contributed by atoms with Crippen LogP contribution < -0.4 is 0 Å². The molecule has 0 aliphatic rings. The van der Waals surface area contributed by atoms with Gasteiger partial charge in [0.05, 0.1) is 0 Å². The maximum absolute atomic E-state index is 10.9. The number of hydrogen-bond donors (Lipinski definition) is 1. The van der Waals surface area contributed by atoms with Gasteiger partial charge in [-0.25, -0.2) is 4.79 Å². The number of nitriles is 1. The number of aliphatic carboxylic acids is 1. The quantitative estimate of drug-likeness (QED) is 0.692. The van der Waals surface area contributed by atoms with Gasteiger partial charge in [-0.2, -0.15) is 5.26 Å². The fourth-order valence-electron chi connectivity index (χ4n) is 2.32. The van der Waals surface area contributed by atoms with Gasteiger partial charge in [0, 0.05) is 17.1 Å². The first kappa shape index (κ1) is 14.6. The summed E-state index contributed by atoms with van der Waals surface area (Å²) in [6, 6.07) is 11.7. The van der Waals surface area contributed by atoms with Crippen LogP contribution in [0.5, 0.6) is 0 Å². The summed E-state index contributed by atoms with van der Waals surface area (Å²) in [5, 5.41) is 17.8. The van der Waals surface area contributed by atoms with Crippen LogP contribution in [0.15, 0.2) is 35.9 Å². The fraction of sp³-hybridized carbons (Fsp3) is 0.176. The van der Waals surface area contributed by atoms with Gasteiger partial charge in [0.15, 0.2) is 0 Å². The van der Waals surface area contributed by atoms with Crippen LogP contribution in [0.3, 0.4) is 0 Å². The summed E-state index contributed by atoms with van der Waals surface area (Å²) >= 11 is 0. The Bertz CT molecular complexity index is 759. The van der Waals surface area contributed by atoms with E-state index < -0.39 is 5.97 Å². The van der Waals surface area contributed by atoms with Gasteiger partial charge in [0.25, 0.3) is 0 Å². The van der Waals surface area contributed by atoms with Crippen LogP contribution in [0.25, 0.3) is 11.8 Å². The minimum absolute atomic E-state index is 0.265. The van der Waals surface area contributed by atoms with E-state index in [4.69, 9.17) is 10.4 Å². The van der Waals surface area contributed by atoms with E-state index >= 15 is 0 Å². The number of rotatable bonds is 3.